The van der Waals surface area contributed by atoms with Gasteiger partial charge < -0.3 is 14.6 Å². The molecule has 6 nitrogen and oxygen atoms in total. The lowest BCUT2D eigenvalue weighted by atomic mass is 9.99. The number of hydrogen-bond acceptors (Lipinski definition) is 5. The molecule has 0 aliphatic heterocycles. The highest BCUT2D eigenvalue weighted by atomic mass is 79.9. The zero-order valence-electron chi connectivity index (χ0n) is 15.5. The molecule has 0 saturated carbocycles. The molecule has 1 atom stereocenters. The first-order chi connectivity index (χ1) is 12.9. The summed E-state index contributed by atoms with van der Waals surface area (Å²) in [6.07, 6.45) is 2.40. The van der Waals surface area contributed by atoms with Crippen molar-refractivity contribution >= 4 is 28.1 Å². The molecule has 1 unspecified atom stereocenters. The standard InChI is InChI=1S/C20H23BrN2O4/c1-4-13(2)14-5-7-17(8-6-14)27-12-19(24)23-22-11-15-9-16(21)10-18(26-3)20(15)25/h5-11,13,25H,4,12H2,1-3H3,(H,23,24). The van der Waals surface area contributed by atoms with Crippen LogP contribution in [0.2, 0.25) is 0 Å². The predicted molar refractivity (Wildman–Crippen MR) is 109 cm³/mol. The quantitative estimate of drug-likeness (QED) is 0.481. The molecule has 1 amide bonds. The Bertz CT molecular complexity index is 806. The maximum absolute atomic E-state index is 11.9. The van der Waals surface area contributed by atoms with Gasteiger partial charge in [0.05, 0.1) is 13.3 Å². The van der Waals surface area contributed by atoms with Gasteiger partial charge in [-0.3, -0.25) is 4.79 Å². The van der Waals surface area contributed by atoms with Crippen LogP contribution in [0, 0.1) is 0 Å². The van der Waals surface area contributed by atoms with Crippen LogP contribution in [0.5, 0.6) is 17.2 Å². The van der Waals surface area contributed by atoms with Crippen molar-refractivity contribution in [3.05, 3.63) is 52.0 Å². The molecular weight excluding hydrogens is 412 g/mol. The van der Waals surface area contributed by atoms with Gasteiger partial charge in [-0.2, -0.15) is 5.10 Å². The normalized spacial score (nSPS) is 12.0. The Balaban J connectivity index is 1.88. The van der Waals surface area contributed by atoms with Crippen LogP contribution in [0.25, 0.3) is 0 Å². The number of nitrogens with zero attached hydrogens (tertiary/aromatic N) is 1. The number of hydrazone groups is 1. The fraction of sp³-hybridized carbons (Fsp3) is 0.300. The number of ether oxygens (including phenoxy) is 2. The molecule has 27 heavy (non-hydrogen) atoms. The first-order valence-corrected chi connectivity index (χ1v) is 9.35. The third-order valence-electron chi connectivity index (χ3n) is 4.11. The van der Waals surface area contributed by atoms with Crippen LogP contribution in [0.4, 0.5) is 0 Å². The van der Waals surface area contributed by atoms with Crippen LogP contribution >= 0.6 is 15.9 Å². The summed E-state index contributed by atoms with van der Waals surface area (Å²) < 4.78 is 11.2. The van der Waals surface area contributed by atoms with Crippen molar-refractivity contribution in [2.45, 2.75) is 26.2 Å². The highest BCUT2D eigenvalue weighted by Crippen LogP contribution is 2.32. The zero-order chi connectivity index (χ0) is 19.8. The molecule has 144 valence electrons. The summed E-state index contributed by atoms with van der Waals surface area (Å²) in [6.45, 7) is 4.15. The van der Waals surface area contributed by atoms with E-state index in [0.717, 1.165) is 6.42 Å². The Labute approximate surface area is 167 Å². The highest BCUT2D eigenvalue weighted by molar-refractivity contribution is 9.10. The number of methoxy groups -OCH3 is 1. The van der Waals surface area contributed by atoms with Crippen LogP contribution in [-0.2, 0) is 4.79 Å². The van der Waals surface area contributed by atoms with Crippen molar-refractivity contribution in [3.8, 4) is 17.2 Å². The van der Waals surface area contributed by atoms with E-state index in [1.54, 1.807) is 12.1 Å². The molecule has 0 spiro atoms. The molecule has 0 aliphatic carbocycles. The second-order valence-corrected chi connectivity index (χ2v) is 6.92. The Kier molecular flexibility index (Phi) is 7.67. The van der Waals surface area contributed by atoms with E-state index in [2.05, 4.69) is 40.3 Å². The molecule has 0 fully saturated rings. The average molecular weight is 435 g/mol. The Hall–Kier alpha value is -2.54. The van der Waals surface area contributed by atoms with E-state index in [4.69, 9.17) is 9.47 Å². The van der Waals surface area contributed by atoms with Gasteiger partial charge in [0, 0.05) is 10.0 Å². The summed E-state index contributed by atoms with van der Waals surface area (Å²) in [6, 6.07) is 11.0. The molecule has 0 radical (unpaired) electrons. The smallest absolute Gasteiger partial charge is 0.277 e. The molecule has 2 aromatic carbocycles. The number of carbonyl (C=O) groups is 1. The summed E-state index contributed by atoms with van der Waals surface area (Å²) in [5.41, 5.74) is 4.01. The summed E-state index contributed by atoms with van der Waals surface area (Å²) >= 11 is 3.32. The monoisotopic (exact) mass is 434 g/mol. The lowest BCUT2D eigenvalue weighted by Crippen LogP contribution is -2.24. The van der Waals surface area contributed by atoms with E-state index < -0.39 is 5.91 Å². The number of rotatable bonds is 8. The largest absolute Gasteiger partial charge is 0.504 e. The summed E-state index contributed by atoms with van der Waals surface area (Å²) in [4.78, 5) is 11.9. The maximum atomic E-state index is 11.9. The first kappa shape index (κ1) is 20.8. The van der Waals surface area contributed by atoms with Gasteiger partial charge in [0.1, 0.15) is 5.75 Å². The van der Waals surface area contributed by atoms with Gasteiger partial charge in [0.25, 0.3) is 5.91 Å². The number of amides is 1. The molecule has 0 bridgehead atoms. The van der Waals surface area contributed by atoms with E-state index in [9.17, 15) is 9.90 Å². The summed E-state index contributed by atoms with van der Waals surface area (Å²) in [5, 5.41) is 13.9. The summed E-state index contributed by atoms with van der Waals surface area (Å²) in [5.74, 6) is 0.955. The Morgan fingerprint density at radius 1 is 1.33 bits per heavy atom. The van der Waals surface area contributed by atoms with E-state index in [0.29, 0.717) is 27.5 Å². The van der Waals surface area contributed by atoms with E-state index in [1.165, 1.54) is 18.9 Å². The number of phenolic OH excluding ortho intramolecular Hbond substituents is 1. The number of aromatic hydroxyl groups is 1. The first-order valence-electron chi connectivity index (χ1n) is 8.55. The lowest BCUT2D eigenvalue weighted by molar-refractivity contribution is -0.123. The van der Waals surface area contributed by atoms with Crippen molar-refractivity contribution in [2.75, 3.05) is 13.7 Å². The molecule has 2 aromatic rings. The SMILES string of the molecule is CCC(C)c1ccc(OCC(=O)NN=Cc2cc(Br)cc(OC)c2O)cc1. The van der Waals surface area contributed by atoms with Crippen LogP contribution in [-0.4, -0.2) is 30.9 Å². The van der Waals surface area contributed by atoms with Crippen LogP contribution in [0.1, 0.15) is 37.3 Å². The number of nitrogens with one attached hydrogen (secondary N) is 1. The van der Waals surface area contributed by atoms with Gasteiger partial charge in [-0.1, -0.05) is 41.9 Å². The molecular formula is C20H23BrN2O4. The van der Waals surface area contributed by atoms with Crippen molar-refractivity contribution in [1.82, 2.24) is 5.43 Å². The van der Waals surface area contributed by atoms with E-state index in [-0.39, 0.29) is 12.4 Å². The third-order valence-corrected chi connectivity index (χ3v) is 4.57. The minimum absolute atomic E-state index is 0.0589. The molecule has 0 saturated heterocycles. The predicted octanol–water partition coefficient (Wildman–Crippen LogP) is 4.21. The van der Waals surface area contributed by atoms with Crippen molar-refractivity contribution in [3.63, 3.8) is 0 Å². The number of phenols is 1. The number of hydrogen-bond donors (Lipinski definition) is 2. The zero-order valence-corrected chi connectivity index (χ0v) is 17.1. The number of benzene rings is 2. The average Bonchev–Trinajstić information content (AvgIpc) is 2.68. The molecule has 0 aromatic heterocycles. The van der Waals surface area contributed by atoms with E-state index in [1.807, 2.05) is 24.3 Å². The van der Waals surface area contributed by atoms with Crippen molar-refractivity contribution < 1.29 is 19.4 Å². The van der Waals surface area contributed by atoms with Gasteiger partial charge in [-0.25, -0.2) is 5.43 Å². The van der Waals surface area contributed by atoms with Crippen LogP contribution in [0.3, 0.4) is 0 Å². The fourth-order valence-corrected chi connectivity index (χ4v) is 2.79. The van der Waals surface area contributed by atoms with Crippen LogP contribution in [0.15, 0.2) is 46.0 Å². The second-order valence-electron chi connectivity index (χ2n) is 6.01. The minimum Gasteiger partial charge on any atom is -0.504 e. The lowest BCUT2D eigenvalue weighted by Gasteiger charge is -2.10. The topological polar surface area (TPSA) is 80.2 Å². The number of carbonyl (C=O) groups excluding carboxylic acids is 1. The molecule has 2 N–H and O–H groups in total. The van der Waals surface area contributed by atoms with Crippen LogP contribution < -0.4 is 14.9 Å². The second kappa shape index (κ2) is 9.97. The van der Waals surface area contributed by atoms with Gasteiger partial charge in [-0.05, 0) is 42.2 Å². The summed E-state index contributed by atoms with van der Waals surface area (Å²) in [7, 11) is 1.46. The maximum Gasteiger partial charge on any atom is 0.277 e. The molecule has 7 heteroatoms. The van der Waals surface area contributed by atoms with Gasteiger partial charge in [0.15, 0.2) is 18.1 Å². The highest BCUT2D eigenvalue weighted by Gasteiger charge is 2.09. The Morgan fingerprint density at radius 2 is 2.04 bits per heavy atom. The minimum atomic E-state index is -0.404. The molecule has 0 aliphatic rings. The molecule has 2 rings (SSSR count). The van der Waals surface area contributed by atoms with Gasteiger partial charge in [0.2, 0.25) is 0 Å². The van der Waals surface area contributed by atoms with E-state index >= 15 is 0 Å². The van der Waals surface area contributed by atoms with Crippen molar-refractivity contribution in [1.29, 1.82) is 0 Å². The third kappa shape index (κ3) is 5.99. The molecule has 0 heterocycles. The van der Waals surface area contributed by atoms with Gasteiger partial charge >= 0.3 is 0 Å². The van der Waals surface area contributed by atoms with Gasteiger partial charge in [-0.15, -0.1) is 0 Å². The Morgan fingerprint density at radius 3 is 2.67 bits per heavy atom. The number of halogens is 1. The van der Waals surface area contributed by atoms with Crippen molar-refractivity contribution in [2.24, 2.45) is 5.10 Å². The fourth-order valence-electron chi connectivity index (χ4n) is 2.33.